The number of benzene rings is 4. The van der Waals surface area contributed by atoms with Gasteiger partial charge >= 0.3 is 23.9 Å². The number of fused-ring (bicyclic) bond motifs is 2. The third-order valence-electron chi connectivity index (χ3n) is 10.4. The molecule has 0 fully saturated rings. The molecule has 4 aromatic rings. The van der Waals surface area contributed by atoms with Gasteiger partial charge in [0.1, 0.15) is 46.3 Å². The summed E-state index contributed by atoms with van der Waals surface area (Å²) in [5, 5.41) is 25.2. The Balaban J connectivity index is 2.50. The molecule has 0 unspecified atom stereocenters. The number of carbonyl (C=O) groups excluding carboxylic acids is 4. The predicted molar refractivity (Wildman–Crippen MR) is 248 cm³/mol. The van der Waals surface area contributed by atoms with Crippen molar-refractivity contribution in [3.05, 3.63) is 34.4 Å². The molecule has 0 aliphatic carbocycles. The van der Waals surface area contributed by atoms with E-state index in [0.29, 0.717) is 11.1 Å². The first-order chi connectivity index (χ1) is 30.7. The zero-order valence-electron chi connectivity index (χ0n) is 41.5. The first-order valence-corrected chi connectivity index (χ1v) is 21.6. The second-order valence-electron chi connectivity index (χ2n) is 18.6. The molecule has 0 saturated heterocycles. The van der Waals surface area contributed by atoms with Crippen LogP contribution in [-0.4, -0.2) is 101 Å². The van der Waals surface area contributed by atoms with Gasteiger partial charge in [-0.3, -0.25) is 9.59 Å². The molecule has 0 aromatic heterocycles. The number of hydrogen-bond acceptors (Lipinski definition) is 16. The van der Waals surface area contributed by atoms with E-state index in [0.717, 1.165) is 0 Å². The smallest absolute Gasteiger partial charge is 0.345 e. The molecule has 4 aromatic carbocycles. The molecular weight excluding hydrogens is 857 g/mol. The molecule has 2 atom stereocenters. The highest BCUT2D eigenvalue weighted by Crippen LogP contribution is 2.59. The Hall–Kier alpha value is -6.32. The lowest BCUT2D eigenvalue weighted by atomic mass is 9.84. The van der Waals surface area contributed by atoms with E-state index in [-0.39, 0.29) is 91.1 Å². The van der Waals surface area contributed by atoms with Crippen molar-refractivity contribution >= 4 is 45.4 Å². The number of rotatable bonds is 17. The Bertz CT molecular complexity index is 2330. The van der Waals surface area contributed by atoms with Crippen molar-refractivity contribution in [2.24, 2.45) is 10.8 Å². The SMILES string of the molecule is COC(=O)c1c(OC(C)C)c(-c2c(OC(C)C)c(C(=O)OC)c(OC)c3c(O)c(OC)c(C[C@@H](C)OC(=O)C(C)(C)C)cc23)c2cc(C[C@@H](C)OC(=O)C(C)(C)C)c(OC)c(O)c2c1OC. The van der Waals surface area contributed by atoms with Crippen LogP contribution in [0.3, 0.4) is 0 Å². The molecule has 0 aliphatic heterocycles. The number of esters is 4. The topological polar surface area (TPSA) is 201 Å². The molecule has 0 heterocycles. The monoisotopic (exact) mass is 922 g/mol. The van der Waals surface area contributed by atoms with E-state index < -0.39 is 70.6 Å². The Morgan fingerprint density at radius 2 is 0.803 bits per heavy atom. The molecule has 0 radical (unpaired) electrons. The maximum absolute atomic E-state index is 14.2. The Kier molecular flexibility index (Phi) is 16.2. The second-order valence-corrected chi connectivity index (χ2v) is 18.6. The summed E-state index contributed by atoms with van der Waals surface area (Å²) in [6.07, 6.45) is -2.73. The van der Waals surface area contributed by atoms with Gasteiger partial charge in [-0.25, -0.2) is 9.59 Å². The number of phenols is 2. The molecule has 0 spiro atoms. The van der Waals surface area contributed by atoms with Gasteiger partial charge in [-0.2, -0.15) is 0 Å². The molecule has 2 N–H and O–H groups in total. The van der Waals surface area contributed by atoms with Gasteiger partial charge in [0.05, 0.1) is 76.5 Å². The Morgan fingerprint density at radius 1 is 0.500 bits per heavy atom. The van der Waals surface area contributed by atoms with E-state index in [9.17, 15) is 29.4 Å². The molecule has 66 heavy (non-hydrogen) atoms. The highest BCUT2D eigenvalue weighted by Gasteiger charge is 2.39. The minimum Gasteiger partial charge on any atom is -0.504 e. The van der Waals surface area contributed by atoms with E-state index in [1.807, 2.05) is 0 Å². The van der Waals surface area contributed by atoms with Crippen LogP contribution in [0.25, 0.3) is 32.7 Å². The zero-order valence-corrected chi connectivity index (χ0v) is 41.5. The van der Waals surface area contributed by atoms with E-state index in [2.05, 4.69) is 0 Å². The predicted octanol–water partition coefficient (Wildman–Crippen LogP) is 9.29. The fraction of sp³-hybridized carbons (Fsp3) is 0.520. The van der Waals surface area contributed by atoms with Crippen molar-refractivity contribution in [2.45, 2.75) is 120 Å². The van der Waals surface area contributed by atoms with Crippen molar-refractivity contribution < 1.29 is 76.8 Å². The number of carbonyl (C=O) groups is 4. The van der Waals surface area contributed by atoms with Crippen LogP contribution in [0.15, 0.2) is 12.1 Å². The van der Waals surface area contributed by atoms with E-state index >= 15 is 0 Å². The molecule has 0 aliphatic rings. The first-order valence-electron chi connectivity index (χ1n) is 21.6. The fourth-order valence-electron chi connectivity index (χ4n) is 7.58. The normalized spacial score (nSPS) is 12.7. The summed E-state index contributed by atoms with van der Waals surface area (Å²) in [5.74, 6) is -4.26. The van der Waals surface area contributed by atoms with Gasteiger partial charge in [0.2, 0.25) is 0 Å². The van der Waals surface area contributed by atoms with Crippen molar-refractivity contribution in [2.75, 3.05) is 42.7 Å². The van der Waals surface area contributed by atoms with Crippen LogP contribution < -0.4 is 28.4 Å². The molecule has 0 amide bonds. The van der Waals surface area contributed by atoms with Crippen molar-refractivity contribution in [1.29, 1.82) is 0 Å². The van der Waals surface area contributed by atoms with Crippen LogP contribution in [-0.2, 0) is 41.4 Å². The minimum atomic E-state index is -0.923. The van der Waals surface area contributed by atoms with E-state index in [1.165, 1.54) is 42.7 Å². The second kappa shape index (κ2) is 20.5. The summed E-state index contributed by atoms with van der Waals surface area (Å²) in [7, 11) is 7.67. The maximum atomic E-state index is 14.2. The van der Waals surface area contributed by atoms with Crippen LogP contribution in [0.4, 0.5) is 0 Å². The van der Waals surface area contributed by atoms with E-state index in [4.69, 9.17) is 47.4 Å². The number of methoxy groups -OCH3 is 6. The van der Waals surface area contributed by atoms with Crippen LogP contribution in [0.2, 0.25) is 0 Å². The lowest BCUT2D eigenvalue weighted by Crippen LogP contribution is -2.28. The van der Waals surface area contributed by atoms with E-state index in [1.54, 1.807) is 95.2 Å². The molecule has 16 heteroatoms. The summed E-state index contributed by atoms with van der Waals surface area (Å²) in [4.78, 5) is 54.6. The third-order valence-corrected chi connectivity index (χ3v) is 10.4. The lowest BCUT2D eigenvalue weighted by Gasteiger charge is -2.29. The number of phenolic OH excluding ortho intramolecular Hbond substituents is 2. The largest absolute Gasteiger partial charge is 0.504 e. The quantitative estimate of drug-likeness (QED) is 0.0749. The maximum Gasteiger partial charge on any atom is 0.345 e. The molecule has 16 nitrogen and oxygen atoms in total. The summed E-state index contributed by atoms with van der Waals surface area (Å²) < 4.78 is 59.3. The van der Waals surface area contributed by atoms with Crippen molar-refractivity contribution in [3.63, 3.8) is 0 Å². The van der Waals surface area contributed by atoms with Gasteiger partial charge in [0.15, 0.2) is 23.0 Å². The van der Waals surface area contributed by atoms with Gasteiger partial charge in [-0.1, -0.05) is 0 Å². The molecule has 0 bridgehead atoms. The van der Waals surface area contributed by atoms with Gasteiger partial charge in [0.25, 0.3) is 0 Å². The highest BCUT2D eigenvalue weighted by molar-refractivity contribution is 6.22. The van der Waals surface area contributed by atoms with Crippen LogP contribution >= 0.6 is 0 Å². The summed E-state index contributed by atoms with van der Waals surface area (Å²) in [6.45, 7) is 20.7. The molecule has 362 valence electrons. The number of hydrogen-bond donors (Lipinski definition) is 2. The molecule has 0 saturated carbocycles. The average Bonchev–Trinajstić information content (AvgIpc) is 3.21. The molecule has 4 rings (SSSR count). The van der Waals surface area contributed by atoms with Crippen molar-refractivity contribution in [3.8, 4) is 57.1 Å². The van der Waals surface area contributed by atoms with Crippen LogP contribution in [0.1, 0.15) is 115 Å². The first kappa shape index (κ1) is 52.3. The number of ether oxygens (including phenoxy) is 10. The van der Waals surface area contributed by atoms with Crippen LogP contribution in [0.5, 0.6) is 46.0 Å². The zero-order chi connectivity index (χ0) is 49.9. The van der Waals surface area contributed by atoms with Gasteiger partial charge < -0.3 is 57.6 Å². The van der Waals surface area contributed by atoms with Gasteiger partial charge in [-0.05, 0) is 95.2 Å². The fourth-order valence-corrected chi connectivity index (χ4v) is 7.58. The third kappa shape index (κ3) is 10.4. The Morgan fingerprint density at radius 3 is 1.05 bits per heavy atom. The summed E-state index contributed by atoms with van der Waals surface area (Å²) >= 11 is 0. The average molecular weight is 923 g/mol. The number of aromatic hydroxyl groups is 2. The van der Waals surface area contributed by atoms with Crippen molar-refractivity contribution in [1.82, 2.24) is 0 Å². The minimum absolute atomic E-state index is 0.0179. The van der Waals surface area contributed by atoms with Gasteiger partial charge in [0, 0.05) is 45.9 Å². The standard InChI is InChI=1S/C50H66O16/c1-23(2)63-43-31(29-21-27(19-25(5)65-47(55)49(7,8)9)39(57-13)37(51)33(29)41(59-15)35(43)45(53)61-17)32-30-22-28(20-26(6)66-48(56)50(10,11)12)40(58-14)38(52)34(30)42(60-16)36(46(54)62-18)44(32)64-24(3)4/h21-26,51-52H,19-20H2,1-18H3/t25-,26-/m1/s1. The van der Waals surface area contributed by atoms with Crippen LogP contribution in [0, 0.1) is 10.8 Å². The summed E-state index contributed by atoms with van der Waals surface area (Å²) in [6, 6.07) is 3.35. The summed E-state index contributed by atoms with van der Waals surface area (Å²) in [5.41, 5.74) is -1.31. The molecular formula is C50H66O16. The highest BCUT2D eigenvalue weighted by atomic mass is 16.6. The lowest BCUT2D eigenvalue weighted by molar-refractivity contribution is -0.158. The van der Waals surface area contributed by atoms with Gasteiger partial charge in [-0.15, -0.1) is 0 Å². The Labute approximate surface area is 386 Å².